The lowest BCUT2D eigenvalue weighted by atomic mass is 10.0. The van der Waals surface area contributed by atoms with Gasteiger partial charge in [-0.15, -0.1) is 0 Å². The molecule has 0 aliphatic carbocycles. The van der Waals surface area contributed by atoms with Crippen LogP contribution in [0.2, 0.25) is 0 Å². The molecule has 0 radical (unpaired) electrons. The van der Waals surface area contributed by atoms with Crippen LogP contribution in [0.15, 0.2) is 66.9 Å². The van der Waals surface area contributed by atoms with Crippen LogP contribution in [0.25, 0.3) is 16.6 Å². The molecule has 4 nitrogen and oxygen atoms in total. The Hall–Kier alpha value is -3.87. The molecular weight excluding hydrogens is 395 g/mol. The van der Waals surface area contributed by atoms with Crippen molar-refractivity contribution in [1.82, 2.24) is 4.40 Å². The smallest absolute Gasteiger partial charge is 0.337 e. The van der Waals surface area contributed by atoms with Gasteiger partial charge in [0, 0.05) is 17.3 Å². The highest BCUT2D eigenvalue weighted by Crippen LogP contribution is 2.32. The Morgan fingerprint density at radius 1 is 0.833 bits per heavy atom. The summed E-state index contributed by atoms with van der Waals surface area (Å²) in [4.78, 5) is 24.6. The molecule has 0 saturated carbocycles. The van der Waals surface area contributed by atoms with Gasteiger partial charge < -0.3 is 9.14 Å². The number of hydrogen-bond donors (Lipinski definition) is 0. The highest BCUT2D eigenvalue weighted by molar-refractivity contribution is 6.10. The van der Waals surface area contributed by atoms with E-state index in [0.29, 0.717) is 11.1 Å². The van der Waals surface area contributed by atoms with Crippen LogP contribution in [0.4, 0.5) is 13.2 Å². The molecule has 2 aromatic heterocycles. The number of ketones is 1. The largest absolute Gasteiger partial charge is 0.465 e. The molecule has 30 heavy (non-hydrogen) atoms. The average molecular weight is 409 g/mol. The number of halogens is 3. The molecule has 7 heteroatoms. The third-order valence-electron chi connectivity index (χ3n) is 4.78. The van der Waals surface area contributed by atoms with E-state index in [2.05, 4.69) is 4.74 Å². The van der Waals surface area contributed by atoms with Crippen LogP contribution in [-0.4, -0.2) is 23.3 Å². The molecule has 2 heterocycles. The van der Waals surface area contributed by atoms with Crippen molar-refractivity contribution in [1.29, 1.82) is 0 Å². The lowest BCUT2D eigenvalue weighted by Crippen LogP contribution is -2.09. The maximum atomic E-state index is 14.8. The Morgan fingerprint density at radius 3 is 2.23 bits per heavy atom. The van der Waals surface area contributed by atoms with Gasteiger partial charge in [0.2, 0.25) is 5.78 Å². The Balaban J connectivity index is 1.91. The molecule has 0 unspecified atom stereocenters. The van der Waals surface area contributed by atoms with Gasteiger partial charge in [-0.05, 0) is 42.5 Å². The Kier molecular flexibility index (Phi) is 4.87. The zero-order chi connectivity index (χ0) is 21.4. The van der Waals surface area contributed by atoms with Gasteiger partial charge in [0.05, 0.1) is 29.4 Å². The van der Waals surface area contributed by atoms with Gasteiger partial charge in [-0.2, -0.15) is 0 Å². The maximum Gasteiger partial charge on any atom is 0.337 e. The number of aromatic nitrogens is 1. The number of carbonyl (C=O) groups is 2. The lowest BCUT2D eigenvalue weighted by Gasteiger charge is -2.05. The van der Waals surface area contributed by atoms with E-state index < -0.39 is 34.8 Å². The monoisotopic (exact) mass is 409 g/mol. The minimum absolute atomic E-state index is 0.0268. The number of carbonyl (C=O) groups excluding carboxylic acids is 2. The fraction of sp³-hybridized carbons (Fsp3) is 0.0435. The number of esters is 1. The van der Waals surface area contributed by atoms with E-state index in [9.17, 15) is 22.8 Å². The first-order valence-corrected chi connectivity index (χ1v) is 8.89. The fourth-order valence-electron chi connectivity index (χ4n) is 3.36. The van der Waals surface area contributed by atoms with Crippen molar-refractivity contribution in [2.45, 2.75) is 0 Å². The van der Waals surface area contributed by atoms with Gasteiger partial charge in [-0.25, -0.2) is 18.0 Å². The molecule has 0 atom stereocenters. The van der Waals surface area contributed by atoms with Gasteiger partial charge >= 0.3 is 5.97 Å². The Labute approximate surface area is 169 Å². The standard InChI is InChI=1S/C23H14F3NO3/c1-30-23(29)13-8-9-14(18(26)11-13)15-12-20(27-10-3-2-7-19(15)27)22(28)21-16(24)5-4-6-17(21)25/h2-12H,1H3. The molecule has 4 rings (SSSR count). The van der Waals surface area contributed by atoms with Crippen molar-refractivity contribution in [3.8, 4) is 11.1 Å². The molecule has 0 saturated heterocycles. The van der Waals surface area contributed by atoms with Crippen molar-refractivity contribution in [3.63, 3.8) is 0 Å². The Morgan fingerprint density at radius 2 is 1.57 bits per heavy atom. The zero-order valence-electron chi connectivity index (χ0n) is 15.7. The van der Waals surface area contributed by atoms with Gasteiger partial charge in [0.1, 0.15) is 17.5 Å². The molecule has 0 aliphatic heterocycles. The summed E-state index contributed by atoms with van der Waals surface area (Å²) in [5.41, 5.74) is 0.244. The molecular formula is C23H14F3NO3. The summed E-state index contributed by atoms with van der Waals surface area (Å²) in [5, 5.41) is 0. The van der Waals surface area contributed by atoms with Crippen LogP contribution in [-0.2, 0) is 4.74 Å². The number of methoxy groups -OCH3 is 1. The molecule has 4 aromatic rings. The highest BCUT2D eigenvalue weighted by Gasteiger charge is 2.24. The third-order valence-corrected chi connectivity index (χ3v) is 4.78. The van der Waals surface area contributed by atoms with Crippen molar-refractivity contribution in [2.24, 2.45) is 0 Å². The number of benzene rings is 2. The number of nitrogens with zero attached hydrogens (tertiary/aromatic N) is 1. The summed E-state index contributed by atoms with van der Waals surface area (Å²) >= 11 is 0. The number of pyridine rings is 1. The summed E-state index contributed by atoms with van der Waals surface area (Å²) in [6, 6.07) is 13.3. The number of ether oxygens (including phenoxy) is 1. The van der Waals surface area contributed by atoms with Crippen LogP contribution in [0, 0.1) is 17.5 Å². The van der Waals surface area contributed by atoms with Gasteiger partial charge in [-0.1, -0.05) is 18.2 Å². The molecule has 0 bridgehead atoms. The van der Waals surface area contributed by atoms with E-state index in [0.717, 1.165) is 18.2 Å². The topological polar surface area (TPSA) is 47.8 Å². The fourth-order valence-corrected chi connectivity index (χ4v) is 3.36. The second-order valence-electron chi connectivity index (χ2n) is 6.51. The summed E-state index contributed by atoms with van der Waals surface area (Å²) in [6.07, 6.45) is 1.55. The van der Waals surface area contributed by atoms with Crippen LogP contribution in [0.5, 0.6) is 0 Å². The van der Waals surface area contributed by atoms with Crippen molar-refractivity contribution >= 4 is 17.3 Å². The number of hydrogen-bond acceptors (Lipinski definition) is 3. The van der Waals surface area contributed by atoms with Crippen LogP contribution < -0.4 is 0 Å². The van der Waals surface area contributed by atoms with Crippen molar-refractivity contribution in [2.75, 3.05) is 7.11 Å². The van der Waals surface area contributed by atoms with E-state index in [1.54, 1.807) is 24.4 Å². The van der Waals surface area contributed by atoms with Gasteiger partial charge in [0.25, 0.3) is 0 Å². The summed E-state index contributed by atoms with van der Waals surface area (Å²) in [6.45, 7) is 0. The predicted octanol–water partition coefficient (Wildman–Crippen LogP) is 5.04. The molecule has 0 fully saturated rings. The number of fused-ring (bicyclic) bond motifs is 1. The molecule has 2 aromatic carbocycles. The SMILES string of the molecule is COC(=O)c1ccc(-c2cc(C(=O)c3c(F)cccc3F)n3ccccc23)c(F)c1. The van der Waals surface area contributed by atoms with Crippen molar-refractivity contribution < 1.29 is 27.5 Å². The zero-order valence-corrected chi connectivity index (χ0v) is 15.7. The normalized spacial score (nSPS) is 10.9. The third kappa shape index (κ3) is 3.14. The van der Waals surface area contributed by atoms with E-state index in [-0.39, 0.29) is 16.8 Å². The van der Waals surface area contributed by atoms with E-state index >= 15 is 0 Å². The van der Waals surface area contributed by atoms with E-state index in [1.165, 1.54) is 35.8 Å². The first-order chi connectivity index (χ1) is 14.4. The summed E-state index contributed by atoms with van der Waals surface area (Å²) in [5.74, 6) is -4.23. The molecule has 0 amide bonds. The van der Waals surface area contributed by atoms with Crippen LogP contribution in [0.3, 0.4) is 0 Å². The van der Waals surface area contributed by atoms with E-state index in [1.807, 2.05) is 0 Å². The minimum atomic E-state index is -0.985. The second-order valence-corrected chi connectivity index (χ2v) is 6.51. The average Bonchev–Trinajstić information content (AvgIpc) is 3.12. The molecule has 0 aliphatic rings. The van der Waals surface area contributed by atoms with Crippen LogP contribution >= 0.6 is 0 Å². The number of rotatable bonds is 4. The molecule has 0 N–H and O–H groups in total. The minimum Gasteiger partial charge on any atom is -0.465 e. The molecule has 0 spiro atoms. The van der Waals surface area contributed by atoms with Crippen molar-refractivity contribution in [3.05, 3.63) is 101 Å². The quantitative estimate of drug-likeness (QED) is 0.350. The second kappa shape index (κ2) is 7.51. The predicted molar refractivity (Wildman–Crippen MR) is 104 cm³/mol. The van der Waals surface area contributed by atoms with Crippen LogP contribution in [0.1, 0.15) is 26.4 Å². The maximum absolute atomic E-state index is 14.8. The Bertz CT molecular complexity index is 1290. The first-order valence-electron chi connectivity index (χ1n) is 8.89. The summed E-state index contributed by atoms with van der Waals surface area (Å²) < 4.78 is 49.2. The van der Waals surface area contributed by atoms with Gasteiger partial charge in [0.15, 0.2) is 0 Å². The first kappa shape index (κ1) is 19.4. The molecule has 150 valence electrons. The van der Waals surface area contributed by atoms with Gasteiger partial charge in [-0.3, -0.25) is 4.79 Å². The highest BCUT2D eigenvalue weighted by atomic mass is 19.1. The van der Waals surface area contributed by atoms with E-state index in [4.69, 9.17) is 0 Å². The lowest BCUT2D eigenvalue weighted by molar-refractivity contribution is 0.0600. The summed E-state index contributed by atoms with van der Waals surface area (Å²) in [7, 11) is 1.19.